The fourth-order valence-corrected chi connectivity index (χ4v) is 1.56. The molecule has 0 aliphatic heterocycles. The first-order chi connectivity index (χ1) is 6.54. The molecule has 0 atom stereocenters. The molecular weight excluding hydrogens is 304 g/mol. The molecule has 0 heterocycles. The quantitative estimate of drug-likeness (QED) is 0.583. The van der Waals surface area contributed by atoms with Crippen LogP contribution in [0.1, 0.15) is 17.5 Å². The molecule has 0 fully saturated rings. The Bertz CT molecular complexity index is 294. The predicted octanol–water partition coefficient (Wildman–Crippen LogP) is 4.07. The van der Waals surface area contributed by atoms with Gasteiger partial charge in [0.25, 0.3) is 0 Å². The number of alkyl halides is 4. The summed E-state index contributed by atoms with van der Waals surface area (Å²) in [6.07, 6.45) is -2.59. The number of benzene rings is 1. The third-order valence-electron chi connectivity index (χ3n) is 1.85. The van der Waals surface area contributed by atoms with Crippen molar-refractivity contribution in [1.82, 2.24) is 0 Å². The van der Waals surface area contributed by atoms with E-state index in [1.807, 2.05) is 0 Å². The standard InChI is InChI=1S/C10H10F3I/c11-10(12,13)9-5-1-3-8(7-9)4-2-6-14/h1,3,5,7H,2,4,6H2. The highest BCUT2D eigenvalue weighted by Crippen LogP contribution is 2.29. The van der Waals surface area contributed by atoms with Crippen LogP contribution in [-0.4, -0.2) is 4.43 Å². The molecule has 0 unspecified atom stereocenters. The molecule has 0 bridgehead atoms. The number of rotatable bonds is 3. The molecule has 0 aliphatic carbocycles. The van der Waals surface area contributed by atoms with Crippen LogP contribution in [0.3, 0.4) is 0 Å². The number of hydrogen-bond donors (Lipinski definition) is 0. The minimum absolute atomic E-state index is 0.552. The second-order valence-electron chi connectivity index (χ2n) is 2.99. The van der Waals surface area contributed by atoms with Crippen molar-refractivity contribution in [2.75, 3.05) is 4.43 Å². The van der Waals surface area contributed by atoms with E-state index in [1.165, 1.54) is 12.1 Å². The molecule has 1 rings (SSSR count). The molecular formula is C10H10F3I. The molecule has 14 heavy (non-hydrogen) atoms. The summed E-state index contributed by atoms with van der Waals surface area (Å²) in [6, 6.07) is 5.53. The van der Waals surface area contributed by atoms with Gasteiger partial charge in [-0.2, -0.15) is 13.2 Å². The van der Waals surface area contributed by atoms with Crippen LogP contribution in [0.25, 0.3) is 0 Å². The van der Waals surface area contributed by atoms with Crippen molar-refractivity contribution in [3.8, 4) is 0 Å². The maximum absolute atomic E-state index is 12.3. The van der Waals surface area contributed by atoms with E-state index in [0.29, 0.717) is 6.42 Å². The summed E-state index contributed by atoms with van der Waals surface area (Å²) < 4.78 is 37.8. The molecule has 0 amide bonds. The van der Waals surface area contributed by atoms with Gasteiger partial charge in [0.2, 0.25) is 0 Å². The van der Waals surface area contributed by atoms with Crippen molar-refractivity contribution in [3.63, 3.8) is 0 Å². The summed E-state index contributed by atoms with van der Waals surface area (Å²) in [4.78, 5) is 0. The summed E-state index contributed by atoms with van der Waals surface area (Å²) in [6.45, 7) is 0. The summed E-state index contributed by atoms with van der Waals surface area (Å²) >= 11 is 2.22. The second-order valence-corrected chi connectivity index (χ2v) is 4.07. The van der Waals surface area contributed by atoms with Crippen molar-refractivity contribution in [2.45, 2.75) is 19.0 Å². The van der Waals surface area contributed by atoms with E-state index in [2.05, 4.69) is 22.6 Å². The third-order valence-corrected chi connectivity index (χ3v) is 2.62. The van der Waals surface area contributed by atoms with E-state index in [0.717, 1.165) is 22.5 Å². The first kappa shape index (κ1) is 11.8. The van der Waals surface area contributed by atoms with Crippen LogP contribution < -0.4 is 0 Å². The SMILES string of the molecule is FC(F)(F)c1cccc(CCCI)c1. The number of halogens is 4. The Kier molecular flexibility index (Phi) is 4.22. The molecule has 1 aromatic carbocycles. The molecule has 0 N–H and O–H groups in total. The first-order valence-corrected chi connectivity index (χ1v) is 5.78. The Morgan fingerprint density at radius 1 is 1.21 bits per heavy atom. The van der Waals surface area contributed by atoms with Gasteiger partial charge in [0.05, 0.1) is 5.56 Å². The zero-order chi connectivity index (χ0) is 10.6. The Morgan fingerprint density at radius 3 is 2.50 bits per heavy atom. The zero-order valence-electron chi connectivity index (χ0n) is 7.44. The fourth-order valence-electron chi connectivity index (χ4n) is 1.17. The highest BCUT2D eigenvalue weighted by Gasteiger charge is 2.30. The van der Waals surface area contributed by atoms with Crippen LogP contribution in [0, 0.1) is 0 Å². The highest BCUT2D eigenvalue weighted by molar-refractivity contribution is 14.1. The smallest absolute Gasteiger partial charge is 0.166 e. The summed E-state index contributed by atoms with van der Waals surface area (Å²) in [5, 5.41) is 0. The number of aryl methyl sites for hydroxylation is 1. The van der Waals surface area contributed by atoms with Crippen LogP contribution >= 0.6 is 22.6 Å². The maximum atomic E-state index is 12.3. The molecule has 0 nitrogen and oxygen atoms in total. The molecule has 78 valence electrons. The molecule has 1 aromatic rings. The van der Waals surface area contributed by atoms with Gasteiger partial charge in [-0.05, 0) is 28.9 Å². The Balaban J connectivity index is 2.79. The van der Waals surface area contributed by atoms with Gasteiger partial charge >= 0.3 is 6.18 Å². The fraction of sp³-hybridized carbons (Fsp3) is 0.400. The van der Waals surface area contributed by atoms with Crippen LogP contribution in [0.15, 0.2) is 24.3 Å². The minimum atomic E-state index is -4.22. The molecule has 0 aromatic heterocycles. The van der Waals surface area contributed by atoms with Crippen molar-refractivity contribution in [2.24, 2.45) is 0 Å². The normalized spacial score (nSPS) is 11.7. The second kappa shape index (κ2) is 5.00. The van der Waals surface area contributed by atoms with Gasteiger partial charge in [-0.3, -0.25) is 0 Å². The Hall–Kier alpha value is -0.260. The van der Waals surface area contributed by atoms with Crippen molar-refractivity contribution in [3.05, 3.63) is 35.4 Å². The predicted molar refractivity (Wildman–Crippen MR) is 58.7 cm³/mol. The average Bonchev–Trinajstić information content (AvgIpc) is 2.14. The zero-order valence-corrected chi connectivity index (χ0v) is 9.60. The Labute approximate surface area is 94.6 Å². The topological polar surface area (TPSA) is 0 Å². The molecule has 4 heteroatoms. The largest absolute Gasteiger partial charge is 0.416 e. The molecule has 0 radical (unpaired) electrons. The van der Waals surface area contributed by atoms with Crippen LogP contribution in [-0.2, 0) is 12.6 Å². The average molecular weight is 314 g/mol. The summed E-state index contributed by atoms with van der Waals surface area (Å²) in [5.41, 5.74) is 0.208. The van der Waals surface area contributed by atoms with Gasteiger partial charge in [-0.25, -0.2) is 0 Å². The van der Waals surface area contributed by atoms with E-state index in [4.69, 9.17) is 0 Å². The molecule has 0 saturated heterocycles. The molecule has 0 saturated carbocycles. The van der Waals surface area contributed by atoms with Gasteiger partial charge in [-0.1, -0.05) is 40.8 Å². The number of hydrogen-bond acceptors (Lipinski definition) is 0. The lowest BCUT2D eigenvalue weighted by Crippen LogP contribution is -2.05. The first-order valence-electron chi connectivity index (χ1n) is 4.26. The summed E-state index contributed by atoms with van der Waals surface area (Å²) in [5.74, 6) is 0. The van der Waals surface area contributed by atoms with Gasteiger partial charge in [0, 0.05) is 0 Å². The van der Waals surface area contributed by atoms with Crippen LogP contribution in [0.5, 0.6) is 0 Å². The maximum Gasteiger partial charge on any atom is 0.416 e. The van der Waals surface area contributed by atoms with E-state index >= 15 is 0 Å². The monoisotopic (exact) mass is 314 g/mol. The van der Waals surface area contributed by atoms with E-state index in [9.17, 15) is 13.2 Å². The van der Waals surface area contributed by atoms with Gasteiger partial charge in [0.1, 0.15) is 0 Å². The lowest BCUT2D eigenvalue weighted by atomic mass is 10.1. The molecule has 0 spiro atoms. The van der Waals surface area contributed by atoms with E-state index in [1.54, 1.807) is 6.07 Å². The van der Waals surface area contributed by atoms with Gasteiger partial charge < -0.3 is 0 Å². The van der Waals surface area contributed by atoms with E-state index in [-0.39, 0.29) is 0 Å². The third kappa shape index (κ3) is 3.48. The summed E-state index contributed by atoms with van der Waals surface area (Å²) in [7, 11) is 0. The minimum Gasteiger partial charge on any atom is -0.166 e. The van der Waals surface area contributed by atoms with Crippen molar-refractivity contribution in [1.29, 1.82) is 0 Å². The van der Waals surface area contributed by atoms with Crippen LogP contribution in [0.4, 0.5) is 13.2 Å². The van der Waals surface area contributed by atoms with Crippen molar-refractivity contribution < 1.29 is 13.2 Å². The van der Waals surface area contributed by atoms with Crippen LogP contribution in [0.2, 0.25) is 0 Å². The molecule has 0 aliphatic rings. The lowest BCUT2D eigenvalue weighted by Gasteiger charge is -2.07. The van der Waals surface area contributed by atoms with E-state index < -0.39 is 11.7 Å². The van der Waals surface area contributed by atoms with Gasteiger partial charge in [0.15, 0.2) is 0 Å². The lowest BCUT2D eigenvalue weighted by molar-refractivity contribution is -0.137. The van der Waals surface area contributed by atoms with Gasteiger partial charge in [-0.15, -0.1) is 0 Å². The highest BCUT2D eigenvalue weighted by atomic mass is 127. The Morgan fingerprint density at radius 2 is 1.93 bits per heavy atom. The van der Waals surface area contributed by atoms with Crippen molar-refractivity contribution >= 4 is 22.6 Å².